The van der Waals surface area contributed by atoms with Crippen LogP contribution in [-0.2, 0) is 0 Å². The fourth-order valence-electron chi connectivity index (χ4n) is 2.11. The summed E-state index contributed by atoms with van der Waals surface area (Å²) in [4.78, 5) is 14.6. The van der Waals surface area contributed by atoms with Crippen LogP contribution in [-0.4, -0.2) is 28.2 Å². The number of nitro groups is 1. The van der Waals surface area contributed by atoms with E-state index in [-0.39, 0.29) is 18.1 Å². The van der Waals surface area contributed by atoms with Crippen molar-refractivity contribution in [3.8, 4) is 0 Å². The second-order valence-corrected chi connectivity index (χ2v) is 5.71. The molecule has 0 radical (unpaired) electrons. The fraction of sp³-hybridized carbons (Fsp3) is 0.417. The Morgan fingerprint density at radius 3 is 2.85 bits per heavy atom. The lowest BCUT2D eigenvalue weighted by Gasteiger charge is -2.20. The minimum Gasteiger partial charge on any atom is -0.431 e. The topological polar surface area (TPSA) is 81.2 Å². The molecule has 0 bridgehead atoms. The minimum absolute atomic E-state index is 0. The number of non-ortho nitro benzene ring substituents is 1. The maximum Gasteiger partial charge on any atom is 0.271 e. The summed E-state index contributed by atoms with van der Waals surface area (Å²) in [6, 6.07) is 4.49. The van der Waals surface area contributed by atoms with Gasteiger partial charge in [-0.05, 0) is 32.0 Å². The smallest absolute Gasteiger partial charge is 0.271 e. The SMILES string of the molecule is Cl.O=[N+]([O-])c1ccc2oc(SC3CCNCC3)nc2c1. The highest BCUT2D eigenvalue weighted by molar-refractivity contribution is 7.99. The van der Waals surface area contributed by atoms with Gasteiger partial charge in [0.25, 0.3) is 10.9 Å². The molecule has 0 aliphatic carbocycles. The van der Waals surface area contributed by atoms with Gasteiger partial charge in [0.1, 0.15) is 5.52 Å². The van der Waals surface area contributed by atoms with Crippen LogP contribution in [0.3, 0.4) is 0 Å². The molecule has 6 nitrogen and oxygen atoms in total. The summed E-state index contributed by atoms with van der Waals surface area (Å²) >= 11 is 1.62. The summed E-state index contributed by atoms with van der Waals surface area (Å²) in [6.45, 7) is 2.03. The zero-order valence-corrected chi connectivity index (χ0v) is 12.2. The quantitative estimate of drug-likeness (QED) is 0.692. The predicted molar refractivity (Wildman–Crippen MR) is 79.7 cm³/mol. The van der Waals surface area contributed by atoms with E-state index in [0.29, 0.717) is 21.6 Å². The molecule has 1 fully saturated rings. The normalized spacial score (nSPS) is 16.0. The number of rotatable bonds is 3. The van der Waals surface area contributed by atoms with Crippen molar-refractivity contribution in [2.45, 2.75) is 23.3 Å². The second-order valence-electron chi connectivity index (χ2n) is 4.46. The van der Waals surface area contributed by atoms with Gasteiger partial charge >= 0.3 is 0 Å². The highest BCUT2D eigenvalue weighted by Gasteiger charge is 2.18. The first kappa shape index (κ1) is 15.1. The third kappa shape index (κ3) is 3.23. The van der Waals surface area contributed by atoms with Crippen LogP contribution >= 0.6 is 24.2 Å². The highest BCUT2D eigenvalue weighted by Crippen LogP contribution is 2.31. The minimum atomic E-state index is -0.423. The van der Waals surface area contributed by atoms with Crippen LogP contribution in [0.25, 0.3) is 11.1 Å². The zero-order chi connectivity index (χ0) is 13.2. The van der Waals surface area contributed by atoms with Crippen LogP contribution in [0.2, 0.25) is 0 Å². The van der Waals surface area contributed by atoms with E-state index in [4.69, 9.17) is 4.42 Å². The average molecular weight is 316 g/mol. The molecular weight excluding hydrogens is 302 g/mol. The highest BCUT2D eigenvalue weighted by atomic mass is 35.5. The molecule has 1 N–H and O–H groups in total. The van der Waals surface area contributed by atoms with E-state index in [1.807, 2.05) is 0 Å². The number of oxazole rings is 1. The van der Waals surface area contributed by atoms with Gasteiger partial charge in [-0.15, -0.1) is 12.4 Å². The van der Waals surface area contributed by atoms with Gasteiger partial charge < -0.3 is 9.73 Å². The van der Waals surface area contributed by atoms with Crippen LogP contribution in [0.4, 0.5) is 5.69 Å². The summed E-state index contributed by atoms with van der Waals surface area (Å²) in [5.74, 6) is 0. The van der Waals surface area contributed by atoms with Gasteiger partial charge in [-0.2, -0.15) is 0 Å². The number of halogens is 1. The van der Waals surface area contributed by atoms with E-state index >= 15 is 0 Å². The van der Waals surface area contributed by atoms with Gasteiger partial charge in [0.2, 0.25) is 0 Å². The summed E-state index contributed by atoms with van der Waals surface area (Å²) in [5.41, 5.74) is 1.19. The fourth-order valence-corrected chi connectivity index (χ4v) is 3.16. The molecule has 0 spiro atoms. The van der Waals surface area contributed by atoms with E-state index in [9.17, 15) is 10.1 Å². The Morgan fingerprint density at radius 1 is 1.40 bits per heavy atom. The molecule has 3 rings (SSSR count). The molecule has 1 aromatic heterocycles. The molecule has 1 aromatic carbocycles. The lowest BCUT2D eigenvalue weighted by atomic mass is 10.2. The van der Waals surface area contributed by atoms with Crippen LogP contribution < -0.4 is 5.32 Å². The molecule has 0 unspecified atom stereocenters. The first-order valence-electron chi connectivity index (χ1n) is 6.15. The first-order chi connectivity index (χ1) is 9.22. The molecule has 2 aromatic rings. The van der Waals surface area contributed by atoms with E-state index in [1.165, 1.54) is 12.1 Å². The van der Waals surface area contributed by atoms with E-state index in [2.05, 4.69) is 10.3 Å². The van der Waals surface area contributed by atoms with Crippen molar-refractivity contribution in [1.29, 1.82) is 0 Å². The van der Waals surface area contributed by atoms with Crippen molar-refractivity contribution in [2.75, 3.05) is 13.1 Å². The Bertz CT molecular complexity index is 613. The van der Waals surface area contributed by atoms with Gasteiger partial charge in [-0.1, -0.05) is 11.8 Å². The van der Waals surface area contributed by atoms with Gasteiger partial charge in [0.05, 0.1) is 4.92 Å². The molecular formula is C12H14ClN3O3S. The molecule has 1 aliphatic heterocycles. The van der Waals surface area contributed by atoms with Crippen molar-refractivity contribution < 1.29 is 9.34 Å². The Balaban J connectivity index is 0.00000147. The van der Waals surface area contributed by atoms with E-state index in [0.717, 1.165) is 25.9 Å². The molecule has 0 saturated carbocycles. The number of thioether (sulfide) groups is 1. The Kier molecular flexibility index (Phi) is 4.85. The lowest BCUT2D eigenvalue weighted by molar-refractivity contribution is -0.384. The van der Waals surface area contributed by atoms with Crippen molar-refractivity contribution in [3.05, 3.63) is 28.3 Å². The largest absolute Gasteiger partial charge is 0.431 e. The standard InChI is InChI=1S/C12H13N3O3S.ClH/c16-15(17)8-1-2-11-10(7-8)14-12(18-11)19-9-3-5-13-6-4-9;/h1-2,7,9,13H,3-6H2;1H. The predicted octanol–water partition coefficient (Wildman–Crippen LogP) is 3.00. The Hall–Kier alpha value is -1.31. The van der Waals surface area contributed by atoms with Crippen LogP contribution in [0.5, 0.6) is 0 Å². The van der Waals surface area contributed by atoms with Crippen LogP contribution in [0, 0.1) is 10.1 Å². The van der Waals surface area contributed by atoms with Crippen LogP contribution in [0.1, 0.15) is 12.8 Å². The zero-order valence-electron chi connectivity index (χ0n) is 10.6. The summed E-state index contributed by atoms with van der Waals surface area (Å²) < 4.78 is 5.61. The Labute approximate surface area is 125 Å². The lowest BCUT2D eigenvalue weighted by Crippen LogP contribution is -2.29. The number of benzene rings is 1. The molecule has 20 heavy (non-hydrogen) atoms. The van der Waals surface area contributed by atoms with E-state index in [1.54, 1.807) is 17.8 Å². The van der Waals surface area contributed by atoms with Crippen LogP contribution in [0.15, 0.2) is 27.8 Å². The van der Waals surface area contributed by atoms with Gasteiger partial charge in [0.15, 0.2) is 5.58 Å². The van der Waals surface area contributed by atoms with Gasteiger partial charge in [-0.3, -0.25) is 10.1 Å². The van der Waals surface area contributed by atoms with Crippen molar-refractivity contribution >= 4 is 41.0 Å². The van der Waals surface area contributed by atoms with Crippen molar-refractivity contribution in [1.82, 2.24) is 10.3 Å². The monoisotopic (exact) mass is 315 g/mol. The van der Waals surface area contributed by atoms with Gasteiger partial charge in [0, 0.05) is 17.4 Å². The number of nitrogens with one attached hydrogen (secondary N) is 1. The average Bonchev–Trinajstić information content (AvgIpc) is 2.80. The molecule has 1 saturated heterocycles. The number of aromatic nitrogens is 1. The maximum atomic E-state index is 10.7. The van der Waals surface area contributed by atoms with Gasteiger partial charge in [-0.25, -0.2) is 4.98 Å². The number of nitro benzene ring substituents is 1. The third-order valence-electron chi connectivity index (χ3n) is 3.12. The van der Waals surface area contributed by atoms with Crippen molar-refractivity contribution in [2.24, 2.45) is 0 Å². The number of hydrogen-bond acceptors (Lipinski definition) is 6. The molecule has 108 valence electrons. The van der Waals surface area contributed by atoms with Crippen molar-refractivity contribution in [3.63, 3.8) is 0 Å². The summed E-state index contributed by atoms with van der Waals surface area (Å²) in [7, 11) is 0. The number of nitrogens with zero attached hydrogens (tertiary/aromatic N) is 2. The van der Waals surface area contributed by atoms with E-state index < -0.39 is 4.92 Å². The summed E-state index contributed by atoms with van der Waals surface area (Å²) in [6.07, 6.45) is 2.17. The maximum absolute atomic E-state index is 10.7. The molecule has 2 heterocycles. The number of piperidine rings is 1. The molecule has 0 amide bonds. The second kappa shape index (κ2) is 6.43. The molecule has 1 aliphatic rings. The third-order valence-corrected chi connectivity index (χ3v) is 4.30. The molecule has 0 atom stereocenters. The summed E-state index contributed by atoms with van der Waals surface area (Å²) in [5, 5.41) is 15.1. The number of hydrogen-bond donors (Lipinski definition) is 1. The Morgan fingerprint density at radius 2 is 2.15 bits per heavy atom. The number of fused-ring (bicyclic) bond motifs is 1. The first-order valence-corrected chi connectivity index (χ1v) is 7.03. The molecule has 8 heteroatoms.